The monoisotopic (exact) mass is 451 g/mol. The van der Waals surface area contributed by atoms with Crippen molar-refractivity contribution in [3.8, 4) is 0 Å². The first-order chi connectivity index (χ1) is 14.3. The summed E-state index contributed by atoms with van der Waals surface area (Å²) in [6, 6.07) is 9.46. The number of carbonyl (C=O) groups is 3. The van der Waals surface area contributed by atoms with E-state index in [4.69, 9.17) is 9.84 Å². The smallest absolute Gasteiger partial charge is 0.411 e. The van der Waals surface area contributed by atoms with Gasteiger partial charge in [0.1, 0.15) is 16.8 Å². The van der Waals surface area contributed by atoms with Crippen LogP contribution in [0.25, 0.3) is 0 Å². The first kappa shape index (κ1) is 25.2. The molecule has 31 heavy (non-hydrogen) atoms. The van der Waals surface area contributed by atoms with E-state index in [0.717, 1.165) is 5.56 Å². The Balaban J connectivity index is 2.22. The molecule has 0 spiro atoms. The van der Waals surface area contributed by atoms with Crippen molar-refractivity contribution in [2.45, 2.75) is 88.2 Å². The molecule has 0 saturated carbocycles. The summed E-state index contributed by atoms with van der Waals surface area (Å²) in [6.45, 7) is 9.55. The molecule has 7 nitrogen and oxygen atoms in total. The molecule has 1 saturated heterocycles. The number of benzene rings is 1. The van der Waals surface area contributed by atoms with Gasteiger partial charge in [-0.25, -0.2) is 4.79 Å². The van der Waals surface area contributed by atoms with Gasteiger partial charge in [0.25, 0.3) is 0 Å². The molecule has 1 fully saturated rings. The van der Waals surface area contributed by atoms with Gasteiger partial charge in [0, 0.05) is 17.6 Å². The van der Waals surface area contributed by atoms with E-state index < -0.39 is 30.2 Å². The number of aliphatic carboxylic acids is 1. The van der Waals surface area contributed by atoms with Gasteiger partial charge in [0.15, 0.2) is 0 Å². The minimum Gasteiger partial charge on any atom is -0.481 e. The molecule has 1 aromatic rings. The van der Waals surface area contributed by atoms with Gasteiger partial charge in [-0.1, -0.05) is 30.3 Å². The number of nitrogens with zero attached hydrogens (tertiary/aromatic N) is 1. The second kappa shape index (κ2) is 10.0. The fraction of sp³-hybridized carbons (Fsp3) is 0.609. The van der Waals surface area contributed by atoms with Crippen LogP contribution >= 0.6 is 11.8 Å². The van der Waals surface area contributed by atoms with Crippen molar-refractivity contribution in [1.29, 1.82) is 0 Å². The van der Waals surface area contributed by atoms with E-state index in [-0.39, 0.29) is 34.8 Å². The number of Topliss-reactive ketones (excluding diaryl/α,β-unsaturated/α-hetero) is 1. The Bertz CT molecular complexity index is 789. The van der Waals surface area contributed by atoms with Crippen LogP contribution in [0.5, 0.6) is 0 Å². The molecule has 0 radical (unpaired) electrons. The van der Waals surface area contributed by atoms with Crippen LogP contribution < -0.4 is 0 Å². The zero-order valence-corrected chi connectivity index (χ0v) is 19.6. The number of hydrogen-bond donors (Lipinski definition) is 2. The van der Waals surface area contributed by atoms with E-state index in [1.165, 1.54) is 0 Å². The van der Waals surface area contributed by atoms with Crippen LogP contribution in [0, 0.1) is 0 Å². The fourth-order valence-corrected chi connectivity index (χ4v) is 5.33. The zero-order valence-electron chi connectivity index (χ0n) is 18.8. The second-order valence-electron chi connectivity index (χ2n) is 9.42. The standard InChI is InChI=1S/C23H33NO6S/c1-22(2,3)30-21(29)24-18(12-11-16(25)13-17(26)14-19(27)28)23(4,5)31-20(24)15-9-7-6-8-10-15/h6-10,17-18,20,26H,11-14H2,1-5H3,(H,27,28)/t17?,18-,20?/m0/s1. The highest BCUT2D eigenvalue weighted by Crippen LogP contribution is 2.53. The third kappa shape index (κ3) is 7.25. The van der Waals surface area contributed by atoms with E-state index in [9.17, 15) is 19.5 Å². The number of amides is 1. The Morgan fingerprint density at radius 2 is 1.77 bits per heavy atom. The SMILES string of the molecule is CC(C)(C)OC(=O)N1C(c2ccccc2)SC(C)(C)[C@@H]1CCC(=O)CC(O)CC(=O)O. The summed E-state index contributed by atoms with van der Waals surface area (Å²) in [6.07, 6.45) is -1.75. The number of hydrogen-bond acceptors (Lipinski definition) is 6. The molecule has 2 N–H and O–H groups in total. The molecule has 8 heteroatoms. The predicted octanol–water partition coefficient (Wildman–Crippen LogP) is 4.39. The molecule has 3 atom stereocenters. The maximum Gasteiger partial charge on any atom is 0.411 e. The Hall–Kier alpha value is -2.06. The number of carboxylic acid groups (broad SMARTS) is 1. The molecule has 1 aromatic carbocycles. The molecule has 1 heterocycles. The topological polar surface area (TPSA) is 104 Å². The Morgan fingerprint density at radius 3 is 2.32 bits per heavy atom. The van der Waals surface area contributed by atoms with Crippen molar-refractivity contribution in [2.24, 2.45) is 0 Å². The molecule has 2 unspecified atom stereocenters. The van der Waals surface area contributed by atoms with E-state index in [2.05, 4.69) is 0 Å². The molecular formula is C23H33NO6S. The largest absolute Gasteiger partial charge is 0.481 e. The third-order valence-electron chi connectivity index (χ3n) is 5.07. The van der Waals surface area contributed by atoms with E-state index in [1.807, 2.05) is 65.0 Å². The zero-order chi connectivity index (χ0) is 23.4. The van der Waals surface area contributed by atoms with Gasteiger partial charge in [-0.3, -0.25) is 14.5 Å². The van der Waals surface area contributed by atoms with Gasteiger partial charge >= 0.3 is 12.1 Å². The number of thioether (sulfide) groups is 1. The fourth-order valence-electron chi connectivity index (χ4n) is 3.73. The molecule has 1 amide bonds. The lowest BCUT2D eigenvalue weighted by atomic mass is 9.94. The number of ketones is 1. The summed E-state index contributed by atoms with van der Waals surface area (Å²) < 4.78 is 5.36. The molecule has 1 aliphatic heterocycles. The van der Waals surface area contributed by atoms with Crippen LogP contribution in [0.15, 0.2) is 30.3 Å². The highest BCUT2D eigenvalue weighted by atomic mass is 32.2. The Kier molecular flexibility index (Phi) is 8.16. The first-order valence-electron chi connectivity index (χ1n) is 10.5. The summed E-state index contributed by atoms with van der Waals surface area (Å²) in [5.74, 6) is -1.36. The van der Waals surface area contributed by atoms with Crippen molar-refractivity contribution in [3.63, 3.8) is 0 Å². The molecule has 1 aliphatic rings. The quantitative estimate of drug-likeness (QED) is 0.604. The average molecular weight is 452 g/mol. The van der Waals surface area contributed by atoms with Crippen LogP contribution in [0.2, 0.25) is 0 Å². The lowest BCUT2D eigenvalue weighted by Crippen LogP contribution is -2.46. The molecule has 0 aliphatic carbocycles. The average Bonchev–Trinajstić information content (AvgIpc) is 2.89. The maximum absolute atomic E-state index is 13.2. The summed E-state index contributed by atoms with van der Waals surface area (Å²) in [5.41, 5.74) is 0.328. The molecule has 0 bridgehead atoms. The Morgan fingerprint density at radius 1 is 1.16 bits per heavy atom. The van der Waals surface area contributed by atoms with Crippen LogP contribution in [-0.2, 0) is 14.3 Å². The van der Waals surface area contributed by atoms with Crippen molar-refractivity contribution in [1.82, 2.24) is 4.90 Å². The summed E-state index contributed by atoms with van der Waals surface area (Å²) >= 11 is 1.65. The first-order valence-corrected chi connectivity index (χ1v) is 11.3. The van der Waals surface area contributed by atoms with Gasteiger partial charge < -0.3 is 14.9 Å². The highest BCUT2D eigenvalue weighted by molar-refractivity contribution is 8.01. The minimum atomic E-state index is -1.20. The molecular weight excluding hydrogens is 418 g/mol. The van der Waals surface area contributed by atoms with Gasteiger partial charge in [0.05, 0.1) is 18.6 Å². The van der Waals surface area contributed by atoms with E-state index in [0.29, 0.717) is 6.42 Å². The summed E-state index contributed by atoms with van der Waals surface area (Å²) in [4.78, 5) is 38.0. The molecule has 172 valence electrons. The van der Waals surface area contributed by atoms with Gasteiger partial charge in [-0.05, 0) is 46.6 Å². The maximum atomic E-state index is 13.2. The van der Waals surface area contributed by atoms with Crippen LogP contribution in [0.1, 0.15) is 71.2 Å². The molecule has 0 aromatic heterocycles. The van der Waals surface area contributed by atoms with Crippen molar-refractivity contribution in [3.05, 3.63) is 35.9 Å². The van der Waals surface area contributed by atoms with E-state index in [1.54, 1.807) is 16.7 Å². The van der Waals surface area contributed by atoms with Gasteiger partial charge in [-0.2, -0.15) is 0 Å². The lowest BCUT2D eigenvalue weighted by Gasteiger charge is -2.34. The number of rotatable bonds is 8. The van der Waals surface area contributed by atoms with Crippen molar-refractivity contribution >= 4 is 29.6 Å². The van der Waals surface area contributed by atoms with Crippen LogP contribution in [-0.4, -0.2) is 55.5 Å². The van der Waals surface area contributed by atoms with Crippen molar-refractivity contribution < 1.29 is 29.3 Å². The van der Waals surface area contributed by atoms with Crippen molar-refractivity contribution in [2.75, 3.05) is 0 Å². The number of ether oxygens (including phenoxy) is 1. The number of aliphatic hydroxyl groups excluding tert-OH is 1. The second-order valence-corrected chi connectivity index (χ2v) is 11.2. The van der Waals surface area contributed by atoms with Crippen LogP contribution in [0.4, 0.5) is 4.79 Å². The predicted molar refractivity (Wildman–Crippen MR) is 120 cm³/mol. The third-order valence-corrected chi connectivity index (χ3v) is 6.67. The lowest BCUT2D eigenvalue weighted by molar-refractivity contribution is -0.139. The van der Waals surface area contributed by atoms with Gasteiger partial charge in [0.2, 0.25) is 0 Å². The highest BCUT2D eigenvalue weighted by Gasteiger charge is 2.50. The summed E-state index contributed by atoms with van der Waals surface area (Å²) in [7, 11) is 0. The van der Waals surface area contributed by atoms with E-state index >= 15 is 0 Å². The van der Waals surface area contributed by atoms with Crippen LogP contribution in [0.3, 0.4) is 0 Å². The number of aliphatic hydroxyl groups is 1. The minimum absolute atomic E-state index is 0.145. The summed E-state index contributed by atoms with van der Waals surface area (Å²) in [5, 5.41) is 18.3. The molecule has 2 rings (SSSR count). The normalized spacial score (nSPS) is 21.5. The number of carboxylic acids is 1. The van der Waals surface area contributed by atoms with Gasteiger partial charge in [-0.15, -0.1) is 11.8 Å². The Labute approximate surface area is 188 Å². The number of carbonyl (C=O) groups excluding carboxylic acids is 2.